The number of benzene rings is 2. The molecule has 2 N–H and O–H groups in total. The number of hydrogen-bond acceptors (Lipinski definition) is 2. The first-order chi connectivity index (χ1) is 9.66. The molecule has 1 unspecified atom stereocenters. The molecule has 0 saturated carbocycles. The summed E-state index contributed by atoms with van der Waals surface area (Å²) >= 11 is 6.07. The lowest BCUT2D eigenvalue weighted by Crippen LogP contribution is -2.12. The summed E-state index contributed by atoms with van der Waals surface area (Å²) in [6.07, 6.45) is 1.80. The van der Waals surface area contributed by atoms with E-state index in [1.54, 1.807) is 6.20 Å². The van der Waals surface area contributed by atoms with Gasteiger partial charge in [-0.3, -0.25) is 4.98 Å². The van der Waals surface area contributed by atoms with Crippen molar-refractivity contribution < 1.29 is 0 Å². The van der Waals surface area contributed by atoms with E-state index in [1.165, 1.54) is 0 Å². The summed E-state index contributed by atoms with van der Waals surface area (Å²) < 4.78 is 0. The first-order valence-corrected chi connectivity index (χ1v) is 6.90. The van der Waals surface area contributed by atoms with Crippen molar-refractivity contribution >= 4 is 22.5 Å². The first-order valence-electron chi connectivity index (χ1n) is 6.52. The fourth-order valence-electron chi connectivity index (χ4n) is 2.42. The van der Waals surface area contributed by atoms with Gasteiger partial charge in [0.05, 0.1) is 11.6 Å². The van der Waals surface area contributed by atoms with Crippen LogP contribution in [-0.2, 0) is 0 Å². The van der Waals surface area contributed by atoms with Crippen molar-refractivity contribution in [1.29, 1.82) is 0 Å². The van der Waals surface area contributed by atoms with E-state index >= 15 is 0 Å². The summed E-state index contributed by atoms with van der Waals surface area (Å²) in [5.41, 5.74) is 10.5. The van der Waals surface area contributed by atoms with Gasteiger partial charge in [0, 0.05) is 16.6 Å². The molecule has 1 heterocycles. The Kier molecular flexibility index (Phi) is 3.43. The zero-order chi connectivity index (χ0) is 14.1. The van der Waals surface area contributed by atoms with Gasteiger partial charge in [0.15, 0.2) is 0 Å². The molecule has 1 atom stereocenters. The van der Waals surface area contributed by atoms with E-state index in [1.807, 2.05) is 55.5 Å². The first kappa shape index (κ1) is 13.1. The molecular formula is C17H15ClN2. The van der Waals surface area contributed by atoms with Crippen LogP contribution in [0.5, 0.6) is 0 Å². The molecule has 1 aromatic heterocycles. The Hall–Kier alpha value is -1.90. The minimum absolute atomic E-state index is 0.204. The van der Waals surface area contributed by atoms with Crippen molar-refractivity contribution in [2.24, 2.45) is 5.73 Å². The second kappa shape index (κ2) is 5.23. The summed E-state index contributed by atoms with van der Waals surface area (Å²) in [6.45, 7) is 1.99. The van der Waals surface area contributed by atoms with E-state index in [0.29, 0.717) is 0 Å². The lowest BCUT2D eigenvalue weighted by molar-refractivity contribution is 0.875. The van der Waals surface area contributed by atoms with E-state index < -0.39 is 0 Å². The summed E-state index contributed by atoms with van der Waals surface area (Å²) in [5, 5.41) is 1.86. The maximum absolute atomic E-state index is 6.42. The molecule has 0 amide bonds. The molecule has 0 aliphatic rings. The highest BCUT2D eigenvalue weighted by Crippen LogP contribution is 2.28. The molecular weight excluding hydrogens is 268 g/mol. The predicted octanol–water partition coefficient (Wildman–Crippen LogP) is 4.24. The number of para-hydroxylation sites is 1. The van der Waals surface area contributed by atoms with Crippen LogP contribution < -0.4 is 5.73 Å². The highest BCUT2D eigenvalue weighted by Gasteiger charge is 2.13. The van der Waals surface area contributed by atoms with Crippen LogP contribution in [-0.4, -0.2) is 4.98 Å². The Balaban J connectivity index is 2.12. The molecule has 0 spiro atoms. The number of pyridine rings is 1. The second-order valence-corrected chi connectivity index (χ2v) is 5.32. The average Bonchev–Trinajstić information content (AvgIpc) is 2.49. The molecule has 3 aromatic rings. The van der Waals surface area contributed by atoms with Crippen molar-refractivity contribution in [3.63, 3.8) is 0 Å². The highest BCUT2D eigenvalue weighted by atomic mass is 35.5. The van der Waals surface area contributed by atoms with Crippen LogP contribution in [0, 0.1) is 6.92 Å². The lowest BCUT2D eigenvalue weighted by atomic mass is 9.96. The van der Waals surface area contributed by atoms with Crippen molar-refractivity contribution in [2.45, 2.75) is 13.0 Å². The van der Waals surface area contributed by atoms with Crippen LogP contribution in [0.2, 0.25) is 5.02 Å². The van der Waals surface area contributed by atoms with Crippen molar-refractivity contribution in [2.75, 3.05) is 0 Å². The summed E-state index contributed by atoms with van der Waals surface area (Å²) in [6, 6.07) is 15.8. The molecule has 0 radical (unpaired) electrons. The quantitative estimate of drug-likeness (QED) is 0.763. The zero-order valence-electron chi connectivity index (χ0n) is 11.2. The van der Waals surface area contributed by atoms with Gasteiger partial charge in [-0.05, 0) is 35.7 Å². The van der Waals surface area contributed by atoms with Crippen LogP contribution in [0.4, 0.5) is 0 Å². The van der Waals surface area contributed by atoms with Gasteiger partial charge in [0.2, 0.25) is 0 Å². The molecule has 0 aliphatic heterocycles. The van der Waals surface area contributed by atoms with Crippen molar-refractivity contribution in [1.82, 2.24) is 4.98 Å². The molecule has 0 aliphatic carbocycles. The van der Waals surface area contributed by atoms with Gasteiger partial charge in [-0.25, -0.2) is 0 Å². The molecule has 100 valence electrons. The van der Waals surface area contributed by atoms with Gasteiger partial charge in [0.25, 0.3) is 0 Å². The zero-order valence-corrected chi connectivity index (χ0v) is 11.9. The Morgan fingerprint density at radius 1 is 1.10 bits per heavy atom. The minimum Gasteiger partial charge on any atom is -0.320 e. The largest absolute Gasteiger partial charge is 0.320 e. The maximum Gasteiger partial charge on any atom is 0.0753 e. The van der Waals surface area contributed by atoms with Gasteiger partial charge in [0.1, 0.15) is 0 Å². The molecule has 20 heavy (non-hydrogen) atoms. The lowest BCUT2D eigenvalue weighted by Gasteiger charge is -2.15. The van der Waals surface area contributed by atoms with Crippen LogP contribution in [0.3, 0.4) is 0 Å². The van der Waals surface area contributed by atoms with Crippen LogP contribution in [0.1, 0.15) is 22.7 Å². The fourth-order valence-corrected chi connectivity index (χ4v) is 2.54. The number of fused-ring (bicyclic) bond motifs is 1. The Morgan fingerprint density at radius 2 is 1.90 bits per heavy atom. The number of aromatic nitrogens is 1. The fraction of sp³-hybridized carbons (Fsp3) is 0.118. The number of nitrogens with two attached hydrogens (primary N) is 1. The van der Waals surface area contributed by atoms with Gasteiger partial charge in [-0.1, -0.05) is 48.0 Å². The van der Waals surface area contributed by atoms with E-state index in [4.69, 9.17) is 17.3 Å². The number of halogens is 1. The molecule has 3 rings (SSSR count). The normalized spacial score (nSPS) is 12.6. The Bertz CT molecular complexity index is 763. The summed E-state index contributed by atoms with van der Waals surface area (Å²) in [4.78, 5) is 4.46. The van der Waals surface area contributed by atoms with E-state index in [-0.39, 0.29) is 6.04 Å². The second-order valence-electron chi connectivity index (χ2n) is 4.91. The average molecular weight is 283 g/mol. The molecule has 0 fully saturated rings. The smallest absolute Gasteiger partial charge is 0.0753 e. The Labute approximate surface area is 123 Å². The standard InChI is InChI=1S/C17H15ClN2/c1-11-10-13(7-8-15(11)18)16(19)14-6-2-4-12-5-3-9-20-17(12)14/h2-10,16H,19H2,1H3. The molecule has 0 saturated heterocycles. The molecule has 2 nitrogen and oxygen atoms in total. The third-order valence-electron chi connectivity index (χ3n) is 3.54. The van der Waals surface area contributed by atoms with Crippen molar-refractivity contribution in [3.05, 3.63) is 76.4 Å². The summed E-state index contributed by atoms with van der Waals surface area (Å²) in [5.74, 6) is 0. The summed E-state index contributed by atoms with van der Waals surface area (Å²) in [7, 11) is 0. The van der Waals surface area contributed by atoms with Crippen molar-refractivity contribution in [3.8, 4) is 0 Å². The van der Waals surface area contributed by atoms with Crippen LogP contribution in [0.15, 0.2) is 54.7 Å². The minimum atomic E-state index is -0.204. The third-order valence-corrected chi connectivity index (χ3v) is 3.96. The highest BCUT2D eigenvalue weighted by molar-refractivity contribution is 6.31. The van der Waals surface area contributed by atoms with Gasteiger partial charge < -0.3 is 5.73 Å². The molecule has 2 aromatic carbocycles. The number of nitrogens with zero attached hydrogens (tertiary/aromatic N) is 1. The predicted molar refractivity (Wildman–Crippen MR) is 84.0 cm³/mol. The van der Waals surface area contributed by atoms with E-state index in [0.717, 1.165) is 32.6 Å². The van der Waals surface area contributed by atoms with Gasteiger partial charge in [-0.15, -0.1) is 0 Å². The van der Waals surface area contributed by atoms with E-state index in [2.05, 4.69) is 4.98 Å². The van der Waals surface area contributed by atoms with Gasteiger partial charge >= 0.3 is 0 Å². The maximum atomic E-state index is 6.42. The number of aryl methyl sites for hydroxylation is 1. The third kappa shape index (κ3) is 2.28. The van der Waals surface area contributed by atoms with Crippen LogP contribution in [0.25, 0.3) is 10.9 Å². The van der Waals surface area contributed by atoms with Gasteiger partial charge in [-0.2, -0.15) is 0 Å². The van der Waals surface area contributed by atoms with Crippen LogP contribution >= 0.6 is 11.6 Å². The molecule has 3 heteroatoms. The SMILES string of the molecule is Cc1cc(C(N)c2cccc3cccnc23)ccc1Cl. The number of hydrogen-bond donors (Lipinski definition) is 1. The Morgan fingerprint density at radius 3 is 2.70 bits per heavy atom. The molecule has 0 bridgehead atoms. The monoisotopic (exact) mass is 282 g/mol. The van der Waals surface area contributed by atoms with E-state index in [9.17, 15) is 0 Å². The topological polar surface area (TPSA) is 38.9 Å². The number of rotatable bonds is 2.